The van der Waals surface area contributed by atoms with Gasteiger partial charge in [0.1, 0.15) is 0 Å². The molecule has 0 fully saturated rings. The van der Waals surface area contributed by atoms with Crippen LogP contribution in [0.1, 0.15) is 66.8 Å². The molecule has 0 bridgehead atoms. The van der Waals surface area contributed by atoms with E-state index in [1.165, 1.54) is 111 Å². The third-order valence-electron chi connectivity index (χ3n) is 9.38. The van der Waals surface area contributed by atoms with Crippen molar-refractivity contribution in [2.45, 2.75) is 83.1 Å². The summed E-state index contributed by atoms with van der Waals surface area (Å²) in [5.41, 5.74) is 25.8. The smallest absolute Gasteiger partial charge is 0.358 e. The number of hydrogen-bond donors (Lipinski definition) is 0. The maximum Gasteiger partial charge on any atom is 2.00 e. The Bertz CT molecular complexity index is 1760. The first-order valence-corrected chi connectivity index (χ1v) is 17.1. The molecular weight excluding hydrogens is 1010 g/mol. The third kappa shape index (κ3) is 10.6. The Balaban J connectivity index is 0.000000483. The van der Waals surface area contributed by atoms with E-state index < -0.39 is 0 Å². The summed E-state index contributed by atoms with van der Waals surface area (Å²) in [6.07, 6.45) is 0. The van der Waals surface area contributed by atoms with Crippen molar-refractivity contribution in [2.24, 2.45) is 0 Å². The van der Waals surface area contributed by atoms with E-state index in [2.05, 4.69) is 180 Å². The Kier molecular flexibility index (Phi) is 18.2. The molecule has 0 amide bonds. The van der Waals surface area contributed by atoms with E-state index in [0.717, 1.165) is 0 Å². The van der Waals surface area contributed by atoms with Crippen molar-refractivity contribution in [1.82, 2.24) is 0 Å². The molecule has 0 aliphatic rings. The normalized spacial score (nSPS) is 10.1. The number of rotatable bonds is 4. The monoisotopic (exact) mass is 1070 g/mol. The van der Waals surface area contributed by atoms with Crippen molar-refractivity contribution < 1.29 is 0 Å². The molecule has 0 saturated heterocycles. The maximum atomic E-state index is 3.68. The van der Waals surface area contributed by atoms with Gasteiger partial charge < -0.3 is 14.9 Å². The summed E-state index contributed by atoms with van der Waals surface area (Å²) in [5.74, 6) is 0. The van der Waals surface area contributed by atoms with Crippen molar-refractivity contribution in [1.29, 1.82) is 0 Å². The fraction of sp³-hybridized carbons (Fsp3) is 0.240. The zero-order chi connectivity index (χ0) is 34.9. The van der Waals surface area contributed by atoms with Gasteiger partial charge in [0, 0.05) is 0 Å². The molecule has 6 aromatic rings. The Hall–Kier alpha value is -2.84. The van der Waals surface area contributed by atoms with E-state index in [-0.39, 0.29) is 69.5 Å². The summed E-state index contributed by atoms with van der Waals surface area (Å²) in [4.78, 5) is 0. The zero-order valence-corrected chi connectivity index (χ0v) is 41.9. The number of aryl methyl sites for hydroxylation is 12. The van der Waals surface area contributed by atoms with Crippen LogP contribution in [0.25, 0.3) is 44.5 Å². The Morgan fingerprint density at radius 2 is 0.442 bits per heavy atom. The standard InChI is InChI=1S/2C24H25.2CH3.2Pb/c2*1-15-10-17(3)23(18(4)11-15)21-8-7-9-22(14-21)24-19(5)12-16(2)13-20(24)6;;;;/h2*7-13H,1-6H3;2*1H3;;/q4*-1;2*+2. The van der Waals surface area contributed by atoms with Gasteiger partial charge in [-0.15, -0.1) is 70.8 Å². The second kappa shape index (κ2) is 20.0. The van der Waals surface area contributed by atoms with Crippen LogP contribution >= 0.6 is 0 Å². The molecule has 0 N–H and O–H groups in total. The molecule has 0 nitrogen and oxygen atoms in total. The molecule has 2 heteroatoms. The second-order valence-corrected chi connectivity index (χ2v) is 14.1. The molecule has 0 saturated carbocycles. The van der Waals surface area contributed by atoms with Crippen LogP contribution in [-0.2, 0) is 0 Å². The van der Waals surface area contributed by atoms with Crippen LogP contribution < -0.4 is 0 Å². The topological polar surface area (TPSA) is 0 Å². The van der Waals surface area contributed by atoms with Gasteiger partial charge in [-0.25, -0.2) is 0 Å². The SMILES string of the molecule is Cc1cc(C)c(-c2[c-]c(-c3c(C)cc(C)cc3C)ccc2)c(C)c1.Cc1cc(C)c(-c2[c-]c(-c3c(C)cc(C)cc3C)ccc2)c(C)c1.[CH3-].[CH3-].[Pb+2].[Pb+2]. The van der Waals surface area contributed by atoms with E-state index >= 15 is 0 Å². The van der Waals surface area contributed by atoms with Crippen LogP contribution in [0.5, 0.6) is 0 Å². The molecule has 0 aliphatic heterocycles. The fourth-order valence-electron chi connectivity index (χ4n) is 7.94. The van der Waals surface area contributed by atoms with Gasteiger partial charge >= 0.3 is 54.6 Å². The van der Waals surface area contributed by atoms with Crippen LogP contribution in [0.4, 0.5) is 0 Å². The van der Waals surface area contributed by atoms with Crippen molar-refractivity contribution >= 4 is 54.6 Å². The summed E-state index contributed by atoms with van der Waals surface area (Å²) in [6, 6.07) is 38.4. The van der Waals surface area contributed by atoms with Gasteiger partial charge in [-0.2, -0.15) is 0 Å². The van der Waals surface area contributed by atoms with Crippen molar-refractivity contribution in [3.8, 4) is 44.5 Å². The molecule has 0 unspecified atom stereocenters. The van der Waals surface area contributed by atoms with Gasteiger partial charge in [0.05, 0.1) is 0 Å². The molecule has 264 valence electrons. The minimum absolute atomic E-state index is 0. The average Bonchev–Trinajstić information content (AvgIpc) is 2.96. The summed E-state index contributed by atoms with van der Waals surface area (Å²) in [5, 5.41) is 0. The van der Waals surface area contributed by atoms with E-state index in [4.69, 9.17) is 0 Å². The largest absolute Gasteiger partial charge is 2.00 e. The first kappa shape index (κ1) is 47.2. The summed E-state index contributed by atoms with van der Waals surface area (Å²) < 4.78 is 0. The second-order valence-electron chi connectivity index (χ2n) is 14.1. The molecule has 0 atom stereocenters. The summed E-state index contributed by atoms with van der Waals surface area (Å²) in [6.45, 7) is 26.2. The molecular formula is C50H56Pb2. The first-order chi connectivity index (χ1) is 22.7. The molecule has 52 heavy (non-hydrogen) atoms. The first-order valence-electron chi connectivity index (χ1n) is 17.1. The third-order valence-corrected chi connectivity index (χ3v) is 9.38. The minimum Gasteiger partial charge on any atom is -0.358 e. The fourth-order valence-corrected chi connectivity index (χ4v) is 7.94. The summed E-state index contributed by atoms with van der Waals surface area (Å²) in [7, 11) is 0. The molecule has 6 aromatic carbocycles. The van der Waals surface area contributed by atoms with Crippen molar-refractivity contribution in [3.63, 3.8) is 0 Å². The van der Waals surface area contributed by atoms with Crippen LogP contribution in [0, 0.1) is 110 Å². The van der Waals surface area contributed by atoms with Crippen LogP contribution in [-0.4, -0.2) is 54.6 Å². The minimum atomic E-state index is 0. The van der Waals surface area contributed by atoms with Gasteiger partial charge in [-0.3, -0.25) is 0 Å². The Labute approximate surface area is 357 Å². The summed E-state index contributed by atoms with van der Waals surface area (Å²) >= 11 is 0. The quantitative estimate of drug-likeness (QED) is 0.122. The van der Waals surface area contributed by atoms with Gasteiger partial charge in [-0.1, -0.05) is 138 Å². The van der Waals surface area contributed by atoms with Gasteiger partial charge in [0.2, 0.25) is 0 Å². The predicted octanol–water partition coefficient (Wildman–Crippen LogP) is 13.5. The molecule has 0 aliphatic carbocycles. The van der Waals surface area contributed by atoms with Crippen LogP contribution in [0.2, 0.25) is 0 Å². The zero-order valence-electron chi connectivity index (χ0n) is 34.1. The Morgan fingerprint density at radius 3 is 0.596 bits per heavy atom. The molecule has 0 spiro atoms. The Morgan fingerprint density at radius 1 is 0.288 bits per heavy atom. The van der Waals surface area contributed by atoms with E-state index in [1.54, 1.807) is 0 Å². The molecule has 0 heterocycles. The molecule has 0 aromatic heterocycles. The van der Waals surface area contributed by atoms with E-state index in [1.807, 2.05) is 0 Å². The molecule has 4 radical (unpaired) electrons. The number of hydrogen-bond acceptors (Lipinski definition) is 0. The van der Waals surface area contributed by atoms with Crippen LogP contribution in [0.3, 0.4) is 0 Å². The predicted molar refractivity (Wildman–Crippen MR) is 233 cm³/mol. The average molecular weight is 1070 g/mol. The van der Waals surface area contributed by atoms with Crippen molar-refractivity contribution in [2.75, 3.05) is 0 Å². The van der Waals surface area contributed by atoms with Gasteiger partial charge in [0.15, 0.2) is 0 Å². The van der Waals surface area contributed by atoms with Crippen LogP contribution in [0.15, 0.2) is 84.9 Å². The number of benzene rings is 6. The molecule has 6 rings (SSSR count). The van der Waals surface area contributed by atoms with Gasteiger partial charge in [-0.05, 0) is 83.1 Å². The van der Waals surface area contributed by atoms with E-state index in [9.17, 15) is 0 Å². The van der Waals surface area contributed by atoms with Crippen molar-refractivity contribution in [3.05, 3.63) is 179 Å². The van der Waals surface area contributed by atoms with E-state index in [0.29, 0.717) is 0 Å². The van der Waals surface area contributed by atoms with Gasteiger partial charge in [0.25, 0.3) is 0 Å². The maximum absolute atomic E-state index is 3.68.